The second-order valence-electron chi connectivity index (χ2n) is 2.56. The Balaban J connectivity index is 0.000001000. The van der Waals surface area contributed by atoms with E-state index in [2.05, 4.69) is 5.92 Å². The summed E-state index contributed by atoms with van der Waals surface area (Å²) in [5.41, 5.74) is -0.792. The number of hydrogen-bond donors (Lipinski definition) is 1. The largest absolute Gasteiger partial charge is 1.00 e. The fraction of sp³-hybridized carbons (Fsp3) is 0.625. The second-order valence-corrected chi connectivity index (χ2v) is 2.56. The van der Waals surface area contributed by atoms with E-state index >= 15 is 0 Å². The molecule has 2 atom stereocenters. The third kappa shape index (κ3) is 2.27. The average Bonchev–Trinajstić information content (AvgIpc) is 2.33. The normalized spacial score (nSPS) is 35.9. The van der Waals surface area contributed by atoms with Gasteiger partial charge in [0.2, 0.25) is 0 Å². The summed E-state index contributed by atoms with van der Waals surface area (Å²) >= 11 is 0. The van der Waals surface area contributed by atoms with Crippen molar-refractivity contribution >= 4 is 0 Å². The van der Waals surface area contributed by atoms with E-state index in [4.69, 9.17) is 16.3 Å². The van der Waals surface area contributed by atoms with Gasteiger partial charge in [-0.05, 0) is 6.92 Å². The standard InChI is InChI=1S/C8H11O2.Ru/c1-3-8(6-9)5-4-7(2)10-8;/h1,5,7,9H,4,6H2,2H3;/q-1;+1/t7-,8-;/m0./s1. The van der Waals surface area contributed by atoms with Crippen molar-refractivity contribution in [1.82, 2.24) is 0 Å². The summed E-state index contributed by atoms with van der Waals surface area (Å²) in [4.78, 5) is 0. The van der Waals surface area contributed by atoms with Crippen LogP contribution in [0.3, 0.4) is 0 Å². The molecular weight excluding hydrogens is 229 g/mol. The molecule has 0 spiro atoms. The molecule has 1 radical (unpaired) electrons. The minimum absolute atomic E-state index is 0. The summed E-state index contributed by atoms with van der Waals surface area (Å²) in [5, 5.41) is 8.84. The maximum atomic E-state index is 8.84. The van der Waals surface area contributed by atoms with Crippen LogP contribution in [0.5, 0.6) is 0 Å². The van der Waals surface area contributed by atoms with E-state index in [9.17, 15) is 0 Å². The van der Waals surface area contributed by atoms with Crippen LogP contribution in [0.4, 0.5) is 0 Å². The Morgan fingerprint density at radius 2 is 2.55 bits per heavy atom. The molecule has 0 amide bonds. The SMILES string of the molecule is C#C[C@@]1(CO)[CH-]C[C@H](C)O1.[Ru+]. The fourth-order valence-corrected chi connectivity index (χ4v) is 1.05. The maximum absolute atomic E-state index is 8.84. The van der Waals surface area contributed by atoms with Crippen LogP contribution in [0.1, 0.15) is 13.3 Å². The summed E-state index contributed by atoms with van der Waals surface area (Å²) in [6.07, 6.45) is 7.99. The van der Waals surface area contributed by atoms with E-state index in [1.807, 2.05) is 13.3 Å². The topological polar surface area (TPSA) is 29.5 Å². The van der Waals surface area contributed by atoms with Gasteiger partial charge >= 0.3 is 19.5 Å². The predicted molar refractivity (Wildman–Crippen MR) is 38.1 cm³/mol. The maximum Gasteiger partial charge on any atom is 1.00 e. The van der Waals surface area contributed by atoms with Crippen molar-refractivity contribution in [3.63, 3.8) is 0 Å². The molecule has 0 saturated carbocycles. The van der Waals surface area contributed by atoms with E-state index in [1.54, 1.807) is 0 Å². The van der Waals surface area contributed by atoms with Crippen LogP contribution in [-0.2, 0) is 24.2 Å². The van der Waals surface area contributed by atoms with Gasteiger partial charge in [-0.1, -0.05) is 0 Å². The van der Waals surface area contributed by atoms with Crippen LogP contribution in [0, 0.1) is 18.8 Å². The minimum Gasteiger partial charge on any atom is -0.395 e. The first-order valence-electron chi connectivity index (χ1n) is 3.33. The molecule has 2 nitrogen and oxygen atoms in total. The third-order valence-corrected chi connectivity index (χ3v) is 1.67. The van der Waals surface area contributed by atoms with Crippen LogP contribution in [-0.4, -0.2) is 23.4 Å². The Kier molecular flexibility index (Phi) is 4.25. The molecule has 0 aliphatic carbocycles. The molecule has 1 fully saturated rings. The van der Waals surface area contributed by atoms with Gasteiger partial charge in [-0.3, -0.25) is 6.42 Å². The summed E-state index contributed by atoms with van der Waals surface area (Å²) in [6, 6.07) is 0. The molecule has 63 valence electrons. The van der Waals surface area contributed by atoms with Crippen LogP contribution in [0.25, 0.3) is 0 Å². The van der Waals surface area contributed by atoms with Crippen molar-refractivity contribution in [2.75, 3.05) is 6.61 Å². The van der Waals surface area contributed by atoms with Gasteiger partial charge < -0.3 is 9.84 Å². The van der Waals surface area contributed by atoms with Gasteiger partial charge in [0.1, 0.15) is 0 Å². The molecule has 0 bridgehead atoms. The Morgan fingerprint density at radius 3 is 2.73 bits per heavy atom. The number of hydrogen-bond acceptors (Lipinski definition) is 2. The van der Waals surface area contributed by atoms with Crippen molar-refractivity contribution < 1.29 is 29.3 Å². The van der Waals surface area contributed by atoms with Crippen LogP contribution in [0.2, 0.25) is 0 Å². The zero-order chi connectivity index (χ0) is 7.61. The summed E-state index contributed by atoms with van der Waals surface area (Å²) < 4.78 is 5.31. The van der Waals surface area contributed by atoms with Gasteiger partial charge in [-0.2, -0.15) is 0 Å². The molecule has 1 saturated heterocycles. The van der Waals surface area contributed by atoms with Crippen LogP contribution >= 0.6 is 0 Å². The van der Waals surface area contributed by atoms with Crippen molar-refractivity contribution in [3.8, 4) is 12.3 Å². The average molecular weight is 240 g/mol. The van der Waals surface area contributed by atoms with E-state index in [0.29, 0.717) is 0 Å². The van der Waals surface area contributed by atoms with E-state index in [-0.39, 0.29) is 32.2 Å². The quantitative estimate of drug-likeness (QED) is 0.407. The molecule has 0 unspecified atom stereocenters. The number of terminal acetylenes is 1. The van der Waals surface area contributed by atoms with Crippen molar-refractivity contribution in [3.05, 3.63) is 6.42 Å². The van der Waals surface area contributed by atoms with Crippen molar-refractivity contribution in [2.45, 2.75) is 25.0 Å². The van der Waals surface area contributed by atoms with Crippen molar-refractivity contribution in [2.24, 2.45) is 0 Å². The van der Waals surface area contributed by atoms with Gasteiger partial charge in [0.15, 0.2) is 0 Å². The molecule has 3 heteroatoms. The van der Waals surface area contributed by atoms with E-state index < -0.39 is 5.60 Å². The molecule has 1 aliphatic heterocycles. The molecule has 1 heterocycles. The molecule has 0 aromatic carbocycles. The van der Waals surface area contributed by atoms with Gasteiger partial charge in [-0.25, -0.2) is 0 Å². The van der Waals surface area contributed by atoms with Gasteiger partial charge in [0.25, 0.3) is 0 Å². The molecule has 11 heavy (non-hydrogen) atoms. The number of aliphatic hydroxyl groups excluding tert-OH is 1. The van der Waals surface area contributed by atoms with Crippen LogP contribution < -0.4 is 0 Å². The number of aliphatic hydroxyl groups is 1. The van der Waals surface area contributed by atoms with Crippen molar-refractivity contribution in [1.29, 1.82) is 0 Å². The molecule has 0 aromatic rings. The molecule has 1 N–H and O–H groups in total. The predicted octanol–water partition coefficient (Wildman–Crippen LogP) is 0.361. The monoisotopic (exact) mass is 241 g/mol. The first-order valence-corrected chi connectivity index (χ1v) is 3.33. The minimum atomic E-state index is -0.792. The smallest absolute Gasteiger partial charge is 0.395 e. The number of ether oxygens (including phenoxy) is 1. The Bertz CT molecular complexity index is 164. The molecule has 0 aromatic heterocycles. The van der Waals surface area contributed by atoms with Crippen LogP contribution in [0.15, 0.2) is 0 Å². The molecule has 1 aliphatic rings. The molecule has 1 rings (SSSR count). The summed E-state index contributed by atoms with van der Waals surface area (Å²) in [5.74, 6) is 2.43. The zero-order valence-corrected chi connectivity index (χ0v) is 8.09. The first kappa shape index (κ1) is 11.1. The summed E-state index contributed by atoms with van der Waals surface area (Å²) in [6.45, 7) is 1.82. The molecular formula is C8H11O2Ru. The Morgan fingerprint density at radius 1 is 1.91 bits per heavy atom. The third-order valence-electron chi connectivity index (χ3n) is 1.67. The first-order chi connectivity index (χ1) is 4.72. The van der Waals surface area contributed by atoms with Gasteiger partial charge in [-0.15, -0.1) is 18.8 Å². The number of rotatable bonds is 1. The van der Waals surface area contributed by atoms with Gasteiger partial charge in [0, 0.05) is 11.7 Å². The fourth-order valence-electron chi connectivity index (χ4n) is 1.05. The van der Waals surface area contributed by atoms with Gasteiger partial charge in [0.05, 0.1) is 6.61 Å². The Hall–Kier alpha value is 0.103. The summed E-state index contributed by atoms with van der Waals surface area (Å²) in [7, 11) is 0. The Labute approximate surface area is 80.1 Å². The zero-order valence-electron chi connectivity index (χ0n) is 6.36. The van der Waals surface area contributed by atoms with E-state index in [1.165, 1.54) is 0 Å². The van der Waals surface area contributed by atoms with E-state index in [0.717, 1.165) is 6.42 Å². The second kappa shape index (κ2) is 4.21.